The summed E-state index contributed by atoms with van der Waals surface area (Å²) in [4.78, 5) is 37.9. The van der Waals surface area contributed by atoms with Gasteiger partial charge in [-0.25, -0.2) is 9.69 Å². The molecule has 31 heavy (non-hydrogen) atoms. The zero-order valence-electron chi connectivity index (χ0n) is 16.9. The number of benzene rings is 2. The summed E-state index contributed by atoms with van der Waals surface area (Å²) in [5.41, 5.74) is 1.17. The third-order valence-corrected chi connectivity index (χ3v) is 5.11. The van der Waals surface area contributed by atoms with Crippen molar-refractivity contribution in [1.29, 1.82) is 0 Å². The molecule has 7 nitrogen and oxygen atoms in total. The molecule has 162 valence electrons. The molecule has 1 fully saturated rings. The number of carbonyl (C=O) groups excluding carboxylic acids is 3. The van der Waals surface area contributed by atoms with Crippen LogP contribution in [0.1, 0.15) is 25.8 Å². The van der Waals surface area contributed by atoms with Crippen LogP contribution >= 0.6 is 23.2 Å². The number of nitrogens with zero attached hydrogens (tertiary/aromatic N) is 1. The molecule has 0 radical (unpaired) electrons. The van der Waals surface area contributed by atoms with Gasteiger partial charge in [0.05, 0.1) is 11.1 Å². The van der Waals surface area contributed by atoms with Crippen molar-refractivity contribution in [2.24, 2.45) is 0 Å². The lowest BCUT2D eigenvalue weighted by molar-refractivity contribution is -0.127. The quantitative estimate of drug-likeness (QED) is 0.461. The Morgan fingerprint density at radius 3 is 2.55 bits per heavy atom. The monoisotopic (exact) mass is 461 g/mol. The lowest BCUT2D eigenvalue weighted by Gasteiger charge is -2.14. The SMILES string of the molecule is CC[C@H](C)Oc1ccc(/C=C2\NC(=O)N(CC(=O)Nc3ccc(Cl)cc3)C2=O)cc1Cl. The van der Waals surface area contributed by atoms with E-state index in [1.54, 1.807) is 42.5 Å². The van der Waals surface area contributed by atoms with E-state index in [0.717, 1.165) is 11.3 Å². The van der Waals surface area contributed by atoms with E-state index < -0.39 is 24.4 Å². The lowest BCUT2D eigenvalue weighted by atomic mass is 10.1. The van der Waals surface area contributed by atoms with Crippen LogP contribution in [0.25, 0.3) is 6.08 Å². The Hall–Kier alpha value is -3.03. The number of amides is 4. The van der Waals surface area contributed by atoms with E-state index in [1.165, 1.54) is 6.08 Å². The molecular formula is C22H21Cl2N3O4. The Morgan fingerprint density at radius 2 is 1.90 bits per heavy atom. The van der Waals surface area contributed by atoms with E-state index in [1.807, 2.05) is 13.8 Å². The van der Waals surface area contributed by atoms with Crippen molar-refractivity contribution in [1.82, 2.24) is 10.2 Å². The van der Waals surface area contributed by atoms with Gasteiger partial charge in [0.25, 0.3) is 5.91 Å². The summed E-state index contributed by atoms with van der Waals surface area (Å²) in [5, 5.41) is 6.02. The normalized spacial score (nSPS) is 15.7. The highest BCUT2D eigenvalue weighted by atomic mass is 35.5. The van der Waals surface area contributed by atoms with E-state index in [9.17, 15) is 14.4 Å². The van der Waals surface area contributed by atoms with Crippen LogP contribution in [0.15, 0.2) is 48.2 Å². The third-order valence-electron chi connectivity index (χ3n) is 4.56. The number of imide groups is 1. The molecular weight excluding hydrogens is 441 g/mol. The molecule has 0 aromatic heterocycles. The van der Waals surface area contributed by atoms with Crippen LogP contribution in [0.5, 0.6) is 5.75 Å². The lowest BCUT2D eigenvalue weighted by Crippen LogP contribution is -2.38. The minimum absolute atomic E-state index is 0.0185. The molecule has 2 aromatic rings. The maximum atomic E-state index is 12.6. The van der Waals surface area contributed by atoms with Gasteiger partial charge in [0.2, 0.25) is 5.91 Å². The zero-order valence-corrected chi connectivity index (χ0v) is 18.5. The third kappa shape index (κ3) is 5.77. The van der Waals surface area contributed by atoms with Gasteiger partial charge in [-0.2, -0.15) is 0 Å². The van der Waals surface area contributed by atoms with Crippen LogP contribution in [-0.2, 0) is 9.59 Å². The fourth-order valence-corrected chi connectivity index (χ4v) is 3.12. The van der Waals surface area contributed by atoms with Gasteiger partial charge in [-0.3, -0.25) is 9.59 Å². The summed E-state index contributed by atoms with van der Waals surface area (Å²) in [6, 6.07) is 10.9. The van der Waals surface area contributed by atoms with Crippen LogP contribution in [0.2, 0.25) is 10.0 Å². The molecule has 0 saturated carbocycles. The molecule has 9 heteroatoms. The summed E-state index contributed by atoms with van der Waals surface area (Å²) in [7, 11) is 0. The summed E-state index contributed by atoms with van der Waals surface area (Å²) >= 11 is 12.1. The molecule has 1 saturated heterocycles. The maximum absolute atomic E-state index is 12.6. The standard InChI is InChI=1S/C22H21Cl2N3O4/c1-3-13(2)31-19-9-4-14(10-17(19)24)11-18-21(29)27(22(30)26-18)12-20(28)25-16-7-5-15(23)6-8-16/h4-11,13H,3,12H2,1-2H3,(H,25,28)(H,26,30)/b18-11-/t13-/m0/s1. The van der Waals surface area contributed by atoms with E-state index in [2.05, 4.69) is 10.6 Å². The number of hydrogen-bond acceptors (Lipinski definition) is 4. The number of urea groups is 1. The van der Waals surface area contributed by atoms with Crippen molar-refractivity contribution in [2.45, 2.75) is 26.4 Å². The fraction of sp³-hybridized carbons (Fsp3) is 0.227. The highest BCUT2D eigenvalue weighted by Crippen LogP contribution is 2.28. The molecule has 2 N–H and O–H groups in total. The van der Waals surface area contributed by atoms with Gasteiger partial charge in [-0.15, -0.1) is 0 Å². The van der Waals surface area contributed by atoms with Crippen LogP contribution in [0.3, 0.4) is 0 Å². The van der Waals surface area contributed by atoms with Gasteiger partial charge in [0.15, 0.2) is 0 Å². The second-order valence-corrected chi connectivity index (χ2v) is 7.80. The molecule has 2 aromatic carbocycles. The van der Waals surface area contributed by atoms with Crippen LogP contribution in [-0.4, -0.2) is 35.4 Å². The van der Waals surface area contributed by atoms with E-state index in [0.29, 0.717) is 27.0 Å². The van der Waals surface area contributed by atoms with Gasteiger partial charge in [0.1, 0.15) is 18.0 Å². The van der Waals surface area contributed by atoms with Gasteiger partial charge < -0.3 is 15.4 Å². The first-order chi connectivity index (χ1) is 14.8. The molecule has 4 amide bonds. The number of rotatable bonds is 7. The molecule has 0 unspecified atom stereocenters. The molecule has 3 rings (SSSR count). The average Bonchev–Trinajstić information content (AvgIpc) is 2.99. The molecule has 1 aliphatic rings. The molecule has 1 atom stereocenters. The van der Waals surface area contributed by atoms with Crippen LogP contribution < -0.4 is 15.4 Å². The fourth-order valence-electron chi connectivity index (χ4n) is 2.76. The van der Waals surface area contributed by atoms with E-state index in [4.69, 9.17) is 27.9 Å². The Morgan fingerprint density at radius 1 is 1.19 bits per heavy atom. The predicted octanol–water partition coefficient (Wildman–Crippen LogP) is 4.70. The largest absolute Gasteiger partial charge is 0.489 e. The Balaban J connectivity index is 1.67. The van der Waals surface area contributed by atoms with Crippen molar-refractivity contribution in [3.05, 3.63) is 63.8 Å². The first-order valence-corrected chi connectivity index (χ1v) is 10.4. The Labute approximate surface area is 190 Å². The average molecular weight is 462 g/mol. The first-order valence-electron chi connectivity index (χ1n) is 9.63. The summed E-state index contributed by atoms with van der Waals surface area (Å²) in [5.74, 6) is -0.575. The van der Waals surface area contributed by atoms with Crippen molar-refractivity contribution in [2.75, 3.05) is 11.9 Å². The topological polar surface area (TPSA) is 87.7 Å². The van der Waals surface area contributed by atoms with Crippen LogP contribution in [0.4, 0.5) is 10.5 Å². The van der Waals surface area contributed by atoms with Gasteiger partial charge in [-0.1, -0.05) is 36.2 Å². The van der Waals surface area contributed by atoms with Crippen molar-refractivity contribution >= 4 is 52.8 Å². The number of nitrogens with one attached hydrogen (secondary N) is 2. The second kappa shape index (κ2) is 9.85. The van der Waals surface area contributed by atoms with Crippen molar-refractivity contribution in [3.8, 4) is 5.75 Å². The summed E-state index contributed by atoms with van der Waals surface area (Å²) < 4.78 is 5.72. The minimum Gasteiger partial charge on any atom is -0.489 e. The van der Waals surface area contributed by atoms with Crippen molar-refractivity contribution in [3.63, 3.8) is 0 Å². The summed E-state index contributed by atoms with van der Waals surface area (Å²) in [6.07, 6.45) is 2.35. The van der Waals surface area contributed by atoms with E-state index >= 15 is 0 Å². The van der Waals surface area contributed by atoms with Crippen LogP contribution in [0, 0.1) is 0 Å². The smallest absolute Gasteiger partial charge is 0.329 e. The van der Waals surface area contributed by atoms with Gasteiger partial charge >= 0.3 is 6.03 Å². The molecule has 0 aliphatic carbocycles. The van der Waals surface area contributed by atoms with Gasteiger partial charge in [0, 0.05) is 10.7 Å². The first kappa shape index (κ1) is 22.7. The number of ether oxygens (including phenoxy) is 1. The summed E-state index contributed by atoms with van der Waals surface area (Å²) in [6.45, 7) is 3.52. The zero-order chi connectivity index (χ0) is 22.5. The number of carbonyl (C=O) groups is 3. The number of anilines is 1. The predicted molar refractivity (Wildman–Crippen MR) is 120 cm³/mol. The number of hydrogen-bond donors (Lipinski definition) is 2. The Bertz CT molecular complexity index is 1040. The second-order valence-electron chi connectivity index (χ2n) is 6.96. The van der Waals surface area contributed by atoms with Crippen molar-refractivity contribution < 1.29 is 19.1 Å². The van der Waals surface area contributed by atoms with E-state index in [-0.39, 0.29) is 11.8 Å². The number of halogens is 2. The molecule has 1 heterocycles. The van der Waals surface area contributed by atoms with Gasteiger partial charge in [-0.05, 0) is 61.4 Å². The molecule has 0 bridgehead atoms. The minimum atomic E-state index is -0.676. The molecule has 1 aliphatic heterocycles. The maximum Gasteiger partial charge on any atom is 0.329 e. The highest BCUT2D eigenvalue weighted by molar-refractivity contribution is 6.32. The highest BCUT2D eigenvalue weighted by Gasteiger charge is 2.34. The molecule has 0 spiro atoms. The Kier molecular flexibility index (Phi) is 7.20.